The van der Waals surface area contributed by atoms with Gasteiger partial charge in [-0.3, -0.25) is 9.80 Å². The first kappa shape index (κ1) is 12.9. The van der Waals surface area contributed by atoms with Crippen molar-refractivity contribution in [2.75, 3.05) is 19.6 Å². The number of hydrogen-bond donors (Lipinski definition) is 0. The molecule has 0 aromatic carbocycles. The molecule has 96 valence electrons. The van der Waals surface area contributed by atoms with Gasteiger partial charge in [-0.25, -0.2) is 0 Å². The van der Waals surface area contributed by atoms with Crippen LogP contribution in [0, 0.1) is 11.3 Å². The summed E-state index contributed by atoms with van der Waals surface area (Å²) < 4.78 is 0. The monoisotopic (exact) mass is 235 g/mol. The fourth-order valence-electron chi connectivity index (χ4n) is 3.33. The Kier molecular flexibility index (Phi) is 3.75. The molecule has 0 aliphatic carbocycles. The molecule has 0 amide bonds. The predicted octanol–water partition coefficient (Wildman–Crippen LogP) is 2.24. The van der Waals surface area contributed by atoms with Crippen LogP contribution < -0.4 is 0 Å². The van der Waals surface area contributed by atoms with Gasteiger partial charge < -0.3 is 0 Å². The zero-order valence-electron chi connectivity index (χ0n) is 11.4. The highest BCUT2D eigenvalue weighted by molar-refractivity contribution is 5.03. The Morgan fingerprint density at radius 2 is 1.76 bits per heavy atom. The van der Waals surface area contributed by atoms with Crippen molar-refractivity contribution in [3.63, 3.8) is 0 Å². The number of nitriles is 1. The molecule has 1 atom stereocenters. The molecule has 3 heteroatoms. The van der Waals surface area contributed by atoms with E-state index in [1.807, 2.05) is 13.8 Å². The number of likely N-dealkylation sites (tertiary alicyclic amines) is 2. The highest BCUT2D eigenvalue weighted by atomic mass is 15.2. The zero-order chi connectivity index (χ0) is 12.5. The standard InChI is InChI=1S/C14H25N3/c1-12-5-4-8-17(12)13-6-9-16(10-7-13)14(2,3)11-15/h12-13H,4-10H2,1-3H3/t12-/m1/s1. The molecule has 0 saturated carbocycles. The van der Waals surface area contributed by atoms with E-state index in [2.05, 4.69) is 22.8 Å². The smallest absolute Gasteiger partial charge is 0.103 e. The maximum absolute atomic E-state index is 9.16. The van der Waals surface area contributed by atoms with Gasteiger partial charge in [0.05, 0.1) is 6.07 Å². The molecule has 0 unspecified atom stereocenters. The molecular weight excluding hydrogens is 210 g/mol. The Morgan fingerprint density at radius 3 is 2.24 bits per heavy atom. The number of hydrogen-bond acceptors (Lipinski definition) is 3. The van der Waals surface area contributed by atoms with Crippen molar-refractivity contribution in [2.24, 2.45) is 0 Å². The fraction of sp³-hybridized carbons (Fsp3) is 0.929. The summed E-state index contributed by atoms with van der Waals surface area (Å²) in [4.78, 5) is 5.03. The molecule has 0 aromatic rings. The summed E-state index contributed by atoms with van der Waals surface area (Å²) >= 11 is 0. The molecule has 0 N–H and O–H groups in total. The Balaban J connectivity index is 1.88. The van der Waals surface area contributed by atoms with Crippen molar-refractivity contribution in [3.05, 3.63) is 0 Å². The van der Waals surface area contributed by atoms with Crippen LogP contribution in [-0.2, 0) is 0 Å². The maximum Gasteiger partial charge on any atom is 0.103 e. The van der Waals surface area contributed by atoms with E-state index < -0.39 is 0 Å². The molecule has 0 aromatic heterocycles. The van der Waals surface area contributed by atoms with E-state index >= 15 is 0 Å². The van der Waals surface area contributed by atoms with Crippen LogP contribution in [0.5, 0.6) is 0 Å². The third kappa shape index (κ3) is 2.64. The first-order valence-electron chi connectivity index (χ1n) is 6.96. The first-order valence-corrected chi connectivity index (χ1v) is 6.96. The van der Waals surface area contributed by atoms with E-state index in [9.17, 15) is 0 Å². The average Bonchev–Trinajstić information content (AvgIpc) is 2.76. The first-order chi connectivity index (χ1) is 8.04. The second-order valence-electron chi connectivity index (χ2n) is 6.12. The molecule has 0 spiro atoms. The lowest BCUT2D eigenvalue weighted by Gasteiger charge is -2.42. The van der Waals surface area contributed by atoms with Crippen LogP contribution in [0.2, 0.25) is 0 Å². The van der Waals surface area contributed by atoms with Crippen LogP contribution in [0.3, 0.4) is 0 Å². The lowest BCUT2D eigenvalue weighted by Crippen LogP contribution is -2.52. The summed E-state index contributed by atoms with van der Waals surface area (Å²) in [5.41, 5.74) is -0.290. The van der Waals surface area contributed by atoms with Gasteiger partial charge in [0.15, 0.2) is 0 Å². The van der Waals surface area contributed by atoms with Crippen LogP contribution in [0.4, 0.5) is 0 Å². The second kappa shape index (κ2) is 4.96. The van der Waals surface area contributed by atoms with Crippen LogP contribution >= 0.6 is 0 Å². The molecule has 2 aliphatic rings. The van der Waals surface area contributed by atoms with E-state index in [1.54, 1.807) is 0 Å². The molecule has 17 heavy (non-hydrogen) atoms. The SMILES string of the molecule is C[C@@H]1CCCN1C1CCN(C(C)(C)C#N)CC1. The fourth-order valence-corrected chi connectivity index (χ4v) is 3.33. The summed E-state index contributed by atoms with van der Waals surface area (Å²) in [7, 11) is 0. The summed E-state index contributed by atoms with van der Waals surface area (Å²) in [5.74, 6) is 0. The maximum atomic E-state index is 9.16. The van der Waals surface area contributed by atoms with Crippen LogP contribution in [0.25, 0.3) is 0 Å². The predicted molar refractivity (Wildman–Crippen MR) is 69.7 cm³/mol. The highest BCUT2D eigenvalue weighted by Crippen LogP contribution is 2.28. The van der Waals surface area contributed by atoms with Gasteiger partial charge in [-0.15, -0.1) is 0 Å². The van der Waals surface area contributed by atoms with Crippen molar-refractivity contribution >= 4 is 0 Å². The topological polar surface area (TPSA) is 30.3 Å². The van der Waals surface area contributed by atoms with Gasteiger partial charge in [0, 0.05) is 25.2 Å². The quantitative estimate of drug-likeness (QED) is 0.735. The zero-order valence-corrected chi connectivity index (χ0v) is 11.4. The van der Waals surface area contributed by atoms with E-state index in [4.69, 9.17) is 5.26 Å². The normalized spacial score (nSPS) is 29.4. The van der Waals surface area contributed by atoms with Crippen molar-refractivity contribution < 1.29 is 0 Å². The van der Waals surface area contributed by atoms with Crippen molar-refractivity contribution in [1.29, 1.82) is 5.26 Å². The molecular formula is C14H25N3. The number of rotatable bonds is 2. The minimum atomic E-state index is -0.290. The third-order valence-electron chi connectivity index (χ3n) is 4.60. The molecule has 2 rings (SSSR count). The Morgan fingerprint density at radius 1 is 1.12 bits per heavy atom. The van der Waals surface area contributed by atoms with Gasteiger partial charge >= 0.3 is 0 Å². The minimum absolute atomic E-state index is 0.290. The highest BCUT2D eigenvalue weighted by Gasteiger charge is 2.34. The Labute approximate surface area is 105 Å². The van der Waals surface area contributed by atoms with Gasteiger partial charge in [0.25, 0.3) is 0 Å². The lowest BCUT2D eigenvalue weighted by molar-refractivity contribution is 0.0681. The molecule has 0 bridgehead atoms. The van der Waals surface area contributed by atoms with Crippen molar-refractivity contribution in [2.45, 2.75) is 64.1 Å². The van der Waals surface area contributed by atoms with Crippen LogP contribution in [0.1, 0.15) is 46.5 Å². The summed E-state index contributed by atoms with van der Waals surface area (Å²) in [6.07, 6.45) is 5.19. The summed E-state index contributed by atoms with van der Waals surface area (Å²) in [6.45, 7) is 9.87. The van der Waals surface area contributed by atoms with Gasteiger partial charge in [-0.2, -0.15) is 5.26 Å². The van der Waals surface area contributed by atoms with Crippen LogP contribution in [0.15, 0.2) is 0 Å². The summed E-state index contributed by atoms with van der Waals surface area (Å²) in [6, 6.07) is 3.95. The molecule has 2 saturated heterocycles. The molecule has 3 nitrogen and oxygen atoms in total. The Hall–Kier alpha value is -0.590. The van der Waals surface area contributed by atoms with Crippen molar-refractivity contribution in [1.82, 2.24) is 9.80 Å². The average molecular weight is 235 g/mol. The number of nitrogens with zero attached hydrogens (tertiary/aromatic N) is 3. The second-order valence-corrected chi connectivity index (χ2v) is 6.12. The largest absolute Gasteiger partial charge is 0.298 e. The van der Waals surface area contributed by atoms with Gasteiger partial charge in [-0.1, -0.05) is 0 Å². The van der Waals surface area contributed by atoms with Gasteiger partial charge in [0.2, 0.25) is 0 Å². The van der Waals surface area contributed by atoms with E-state index in [1.165, 1.54) is 32.2 Å². The summed E-state index contributed by atoms with van der Waals surface area (Å²) in [5, 5.41) is 9.16. The number of piperidine rings is 1. The van der Waals surface area contributed by atoms with Crippen molar-refractivity contribution in [3.8, 4) is 6.07 Å². The lowest BCUT2D eigenvalue weighted by atomic mass is 9.96. The molecule has 0 radical (unpaired) electrons. The van der Waals surface area contributed by atoms with E-state index in [0.717, 1.165) is 25.2 Å². The molecule has 2 heterocycles. The van der Waals surface area contributed by atoms with E-state index in [-0.39, 0.29) is 5.54 Å². The van der Waals surface area contributed by atoms with Gasteiger partial charge in [-0.05, 0) is 53.0 Å². The Bertz CT molecular complexity index is 297. The molecule has 2 aliphatic heterocycles. The molecule has 2 fully saturated rings. The third-order valence-corrected chi connectivity index (χ3v) is 4.60. The van der Waals surface area contributed by atoms with Gasteiger partial charge in [0.1, 0.15) is 5.54 Å². The van der Waals surface area contributed by atoms with E-state index in [0.29, 0.717) is 0 Å². The van der Waals surface area contributed by atoms with Crippen LogP contribution in [-0.4, -0.2) is 47.1 Å². The minimum Gasteiger partial charge on any atom is -0.298 e.